The molecular formula is C11H16ClNO2S. The number of aryl methyl sites for hydroxylation is 1. The van der Waals surface area contributed by atoms with E-state index >= 15 is 0 Å². The van der Waals surface area contributed by atoms with Gasteiger partial charge in [0.15, 0.2) is 0 Å². The van der Waals surface area contributed by atoms with E-state index in [1.807, 2.05) is 19.9 Å². The summed E-state index contributed by atoms with van der Waals surface area (Å²) in [6.07, 6.45) is 0.828. The van der Waals surface area contributed by atoms with E-state index in [9.17, 15) is 4.79 Å². The van der Waals surface area contributed by atoms with E-state index in [4.69, 9.17) is 22.4 Å². The van der Waals surface area contributed by atoms with Crippen molar-refractivity contribution in [3.8, 4) is 0 Å². The van der Waals surface area contributed by atoms with Crippen molar-refractivity contribution in [3.05, 3.63) is 20.8 Å². The lowest BCUT2D eigenvalue weighted by Crippen LogP contribution is -2.15. The molecule has 0 radical (unpaired) electrons. The predicted molar refractivity (Wildman–Crippen MR) is 67.0 cm³/mol. The SMILES string of the molecule is Cc1cc(C(N)CC(C)CC(=O)O)sc1Cl. The maximum Gasteiger partial charge on any atom is 0.303 e. The largest absolute Gasteiger partial charge is 0.481 e. The van der Waals surface area contributed by atoms with Gasteiger partial charge in [-0.3, -0.25) is 4.79 Å². The van der Waals surface area contributed by atoms with Crippen LogP contribution in [0.15, 0.2) is 6.07 Å². The number of hydrogen-bond acceptors (Lipinski definition) is 3. The number of halogens is 1. The average molecular weight is 262 g/mol. The molecule has 2 atom stereocenters. The van der Waals surface area contributed by atoms with Crippen LogP contribution in [0.3, 0.4) is 0 Å². The lowest BCUT2D eigenvalue weighted by atomic mass is 9.98. The minimum atomic E-state index is -0.778. The van der Waals surface area contributed by atoms with E-state index in [0.29, 0.717) is 6.42 Å². The molecule has 0 spiro atoms. The molecule has 1 aromatic rings. The summed E-state index contributed by atoms with van der Waals surface area (Å²) in [7, 11) is 0. The Morgan fingerprint density at radius 1 is 1.69 bits per heavy atom. The highest BCUT2D eigenvalue weighted by Gasteiger charge is 2.16. The molecule has 0 saturated carbocycles. The van der Waals surface area contributed by atoms with Crippen LogP contribution in [0.5, 0.6) is 0 Å². The monoisotopic (exact) mass is 261 g/mol. The second-order valence-electron chi connectivity index (χ2n) is 4.15. The predicted octanol–water partition coefficient (Wildman–Crippen LogP) is 3.21. The summed E-state index contributed by atoms with van der Waals surface area (Å²) in [4.78, 5) is 11.6. The molecule has 1 aromatic heterocycles. The zero-order chi connectivity index (χ0) is 12.3. The Labute approximate surface area is 104 Å². The molecule has 3 nitrogen and oxygen atoms in total. The van der Waals surface area contributed by atoms with Gasteiger partial charge in [-0.1, -0.05) is 18.5 Å². The van der Waals surface area contributed by atoms with Crippen LogP contribution in [0.2, 0.25) is 4.34 Å². The molecule has 0 saturated heterocycles. The maximum atomic E-state index is 10.5. The summed E-state index contributed by atoms with van der Waals surface area (Å²) in [6, 6.07) is 1.86. The molecule has 16 heavy (non-hydrogen) atoms. The molecule has 5 heteroatoms. The summed E-state index contributed by atoms with van der Waals surface area (Å²) in [5, 5.41) is 8.66. The van der Waals surface area contributed by atoms with E-state index in [0.717, 1.165) is 14.8 Å². The number of thiophene rings is 1. The van der Waals surface area contributed by atoms with Gasteiger partial charge in [-0.2, -0.15) is 0 Å². The van der Waals surface area contributed by atoms with Crippen LogP contribution in [0.4, 0.5) is 0 Å². The number of nitrogens with two attached hydrogens (primary N) is 1. The first-order valence-electron chi connectivity index (χ1n) is 5.13. The first-order valence-corrected chi connectivity index (χ1v) is 6.32. The van der Waals surface area contributed by atoms with Crippen molar-refractivity contribution in [2.45, 2.75) is 32.7 Å². The van der Waals surface area contributed by atoms with Crippen molar-refractivity contribution < 1.29 is 9.90 Å². The van der Waals surface area contributed by atoms with Crippen molar-refractivity contribution in [1.82, 2.24) is 0 Å². The summed E-state index contributed by atoms with van der Waals surface area (Å²) >= 11 is 7.44. The van der Waals surface area contributed by atoms with Gasteiger partial charge < -0.3 is 10.8 Å². The van der Waals surface area contributed by atoms with Crippen LogP contribution in [-0.2, 0) is 4.79 Å². The number of aliphatic carboxylic acids is 1. The smallest absolute Gasteiger partial charge is 0.303 e. The summed E-state index contributed by atoms with van der Waals surface area (Å²) in [5.41, 5.74) is 7.04. The zero-order valence-corrected chi connectivity index (χ0v) is 10.9. The van der Waals surface area contributed by atoms with E-state index < -0.39 is 5.97 Å². The number of carboxylic acid groups (broad SMARTS) is 1. The molecule has 3 N–H and O–H groups in total. The summed E-state index contributed by atoms with van der Waals surface area (Å²) in [6.45, 7) is 3.84. The van der Waals surface area contributed by atoms with Gasteiger partial charge in [-0.15, -0.1) is 11.3 Å². The van der Waals surface area contributed by atoms with Gasteiger partial charge in [0.25, 0.3) is 0 Å². The van der Waals surface area contributed by atoms with Crippen molar-refractivity contribution in [2.75, 3.05) is 0 Å². The fourth-order valence-electron chi connectivity index (χ4n) is 1.60. The lowest BCUT2D eigenvalue weighted by Gasteiger charge is -2.14. The average Bonchev–Trinajstić information content (AvgIpc) is 2.45. The number of carboxylic acids is 1. The molecular weight excluding hydrogens is 246 g/mol. The minimum absolute atomic E-state index is 0.0775. The van der Waals surface area contributed by atoms with E-state index in [1.54, 1.807) is 0 Å². The maximum absolute atomic E-state index is 10.5. The van der Waals surface area contributed by atoms with Gasteiger partial charge in [-0.05, 0) is 30.9 Å². The zero-order valence-electron chi connectivity index (χ0n) is 9.37. The molecule has 0 fully saturated rings. The normalized spacial score (nSPS) is 14.8. The van der Waals surface area contributed by atoms with Crippen molar-refractivity contribution in [3.63, 3.8) is 0 Å². The first kappa shape index (κ1) is 13.5. The van der Waals surface area contributed by atoms with Gasteiger partial charge in [-0.25, -0.2) is 0 Å². The summed E-state index contributed by atoms with van der Waals surface area (Å²) in [5.74, 6) is -0.700. The van der Waals surface area contributed by atoms with Crippen LogP contribution in [0.1, 0.15) is 36.2 Å². The Balaban J connectivity index is 2.58. The fourth-order valence-corrected chi connectivity index (χ4v) is 2.83. The first-order chi connectivity index (χ1) is 7.40. The highest BCUT2D eigenvalue weighted by Crippen LogP contribution is 2.32. The number of carbonyl (C=O) groups is 1. The topological polar surface area (TPSA) is 63.3 Å². The second kappa shape index (κ2) is 5.66. The Morgan fingerprint density at radius 2 is 2.31 bits per heavy atom. The van der Waals surface area contributed by atoms with Crippen LogP contribution in [0.25, 0.3) is 0 Å². The van der Waals surface area contributed by atoms with Crippen LogP contribution in [0, 0.1) is 12.8 Å². The van der Waals surface area contributed by atoms with Gasteiger partial charge in [0.05, 0.1) is 4.34 Å². The van der Waals surface area contributed by atoms with Crippen LogP contribution < -0.4 is 5.73 Å². The molecule has 0 aliphatic carbocycles. The third-order valence-corrected chi connectivity index (χ3v) is 4.11. The Hall–Kier alpha value is -0.580. The minimum Gasteiger partial charge on any atom is -0.481 e. The van der Waals surface area contributed by atoms with Crippen LogP contribution >= 0.6 is 22.9 Å². The van der Waals surface area contributed by atoms with Gasteiger partial charge in [0.1, 0.15) is 0 Å². The second-order valence-corrected chi connectivity index (χ2v) is 5.84. The molecule has 0 aliphatic rings. The lowest BCUT2D eigenvalue weighted by molar-refractivity contribution is -0.138. The fraction of sp³-hybridized carbons (Fsp3) is 0.545. The molecule has 90 valence electrons. The van der Waals surface area contributed by atoms with Gasteiger partial charge in [0.2, 0.25) is 0 Å². The molecule has 0 aromatic carbocycles. The Bertz CT molecular complexity index is 359. The quantitative estimate of drug-likeness (QED) is 0.856. The number of rotatable bonds is 5. The van der Waals surface area contributed by atoms with Gasteiger partial charge in [0, 0.05) is 17.3 Å². The third-order valence-electron chi connectivity index (χ3n) is 2.42. The van der Waals surface area contributed by atoms with E-state index in [-0.39, 0.29) is 18.4 Å². The van der Waals surface area contributed by atoms with E-state index in [1.165, 1.54) is 11.3 Å². The highest BCUT2D eigenvalue weighted by atomic mass is 35.5. The molecule has 0 aliphatic heterocycles. The Morgan fingerprint density at radius 3 is 2.75 bits per heavy atom. The standard InChI is InChI=1S/C11H16ClNO2S/c1-6(4-10(14)15)3-8(13)9-5-7(2)11(12)16-9/h5-6,8H,3-4,13H2,1-2H3,(H,14,15). The Kier molecular flexibility index (Phi) is 4.77. The third kappa shape index (κ3) is 3.77. The number of hydrogen-bond donors (Lipinski definition) is 2. The van der Waals surface area contributed by atoms with Crippen molar-refractivity contribution >= 4 is 28.9 Å². The molecule has 0 amide bonds. The molecule has 1 heterocycles. The molecule has 2 unspecified atom stereocenters. The van der Waals surface area contributed by atoms with E-state index in [2.05, 4.69) is 0 Å². The molecule has 0 bridgehead atoms. The van der Waals surface area contributed by atoms with Crippen molar-refractivity contribution in [1.29, 1.82) is 0 Å². The summed E-state index contributed by atoms with van der Waals surface area (Å²) < 4.78 is 0.760. The van der Waals surface area contributed by atoms with Gasteiger partial charge >= 0.3 is 5.97 Å². The van der Waals surface area contributed by atoms with Crippen LogP contribution in [-0.4, -0.2) is 11.1 Å². The highest BCUT2D eigenvalue weighted by molar-refractivity contribution is 7.16. The van der Waals surface area contributed by atoms with Crippen molar-refractivity contribution in [2.24, 2.45) is 11.7 Å². The molecule has 1 rings (SSSR count).